The van der Waals surface area contributed by atoms with Gasteiger partial charge < -0.3 is 19.1 Å². The first kappa shape index (κ1) is 19.5. The number of nitrogens with zero attached hydrogens (tertiary/aromatic N) is 2. The Hall–Kier alpha value is -1.79. The lowest BCUT2D eigenvalue weighted by molar-refractivity contribution is -0.142. The van der Waals surface area contributed by atoms with E-state index >= 15 is 0 Å². The van der Waals surface area contributed by atoms with Crippen LogP contribution in [-0.2, 0) is 22.5 Å². The zero-order valence-electron chi connectivity index (χ0n) is 17.1. The van der Waals surface area contributed by atoms with Crippen molar-refractivity contribution in [1.29, 1.82) is 0 Å². The van der Waals surface area contributed by atoms with Gasteiger partial charge in [0.05, 0.1) is 25.9 Å². The Morgan fingerprint density at radius 3 is 2.82 bits per heavy atom. The molecule has 0 bridgehead atoms. The van der Waals surface area contributed by atoms with Gasteiger partial charge in [-0.2, -0.15) is 0 Å². The Kier molecular flexibility index (Phi) is 6.07. The third-order valence-corrected chi connectivity index (χ3v) is 5.97. The van der Waals surface area contributed by atoms with Crippen LogP contribution in [0.3, 0.4) is 0 Å². The van der Waals surface area contributed by atoms with Crippen molar-refractivity contribution in [2.24, 2.45) is 0 Å². The molecule has 0 aliphatic carbocycles. The van der Waals surface area contributed by atoms with Crippen LogP contribution in [0.2, 0.25) is 0 Å². The lowest BCUT2D eigenvalue weighted by Crippen LogP contribution is -2.53. The summed E-state index contributed by atoms with van der Waals surface area (Å²) in [6.07, 6.45) is 4.32. The van der Waals surface area contributed by atoms with Crippen molar-refractivity contribution in [2.75, 3.05) is 39.5 Å². The van der Waals surface area contributed by atoms with Gasteiger partial charge in [-0.15, -0.1) is 0 Å². The van der Waals surface area contributed by atoms with Crippen LogP contribution in [0.15, 0.2) is 12.1 Å². The van der Waals surface area contributed by atoms with E-state index in [1.807, 2.05) is 11.8 Å². The summed E-state index contributed by atoms with van der Waals surface area (Å²) in [5.41, 5.74) is 2.34. The molecule has 2 fully saturated rings. The van der Waals surface area contributed by atoms with Gasteiger partial charge in [0.25, 0.3) is 0 Å². The molecule has 1 aromatic rings. The smallest absolute Gasteiger partial charge is 0.240 e. The SMILES string of the molecule is CCOc1cc2c(cc1CN1CCCCC1C(=O)N1CCOCC1)OC(C)C2. The second kappa shape index (κ2) is 8.70. The van der Waals surface area contributed by atoms with E-state index in [0.29, 0.717) is 32.9 Å². The molecule has 28 heavy (non-hydrogen) atoms. The second-order valence-corrected chi connectivity index (χ2v) is 8.05. The average molecular weight is 389 g/mol. The highest BCUT2D eigenvalue weighted by molar-refractivity contribution is 5.82. The summed E-state index contributed by atoms with van der Waals surface area (Å²) in [6, 6.07) is 4.23. The van der Waals surface area contributed by atoms with Gasteiger partial charge in [-0.05, 0) is 45.4 Å². The fourth-order valence-corrected chi connectivity index (χ4v) is 4.57. The summed E-state index contributed by atoms with van der Waals surface area (Å²) in [5, 5.41) is 0. The van der Waals surface area contributed by atoms with Crippen LogP contribution in [0.1, 0.15) is 44.2 Å². The molecule has 2 saturated heterocycles. The van der Waals surface area contributed by atoms with Gasteiger partial charge in [-0.25, -0.2) is 0 Å². The van der Waals surface area contributed by atoms with Gasteiger partial charge in [-0.1, -0.05) is 6.42 Å². The van der Waals surface area contributed by atoms with Crippen molar-refractivity contribution in [3.63, 3.8) is 0 Å². The number of hydrogen-bond donors (Lipinski definition) is 0. The summed E-state index contributed by atoms with van der Waals surface area (Å²) in [7, 11) is 0. The molecule has 3 aliphatic heterocycles. The Morgan fingerprint density at radius 2 is 2.04 bits per heavy atom. The molecular formula is C22H32N2O4. The minimum atomic E-state index is -0.0468. The van der Waals surface area contributed by atoms with E-state index in [1.165, 1.54) is 5.56 Å². The molecule has 154 valence electrons. The van der Waals surface area contributed by atoms with Crippen LogP contribution in [-0.4, -0.2) is 67.3 Å². The Labute approximate surface area is 167 Å². The monoisotopic (exact) mass is 388 g/mol. The standard InChI is InChI=1S/C22H32N2O4/c1-3-27-20-13-17-12-16(2)28-21(17)14-18(20)15-24-7-5-4-6-19(24)22(25)23-8-10-26-11-9-23/h13-14,16,19H,3-12,15H2,1-2H3. The Morgan fingerprint density at radius 1 is 1.21 bits per heavy atom. The number of benzene rings is 1. The molecule has 6 nitrogen and oxygen atoms in total. The molecule has 1 amide bonds. The van der Waals surface area contributed by atoms with Crippen molar-refractivity contribution in [2.45, 2.75) is 58.2 Å². The number of carbonyl (C=O) groups is 1. The van der Waals surface area contributed by atoms with Gasteiger partial charge in [0, 0.05) is 37.2 Å². The molecule has 3 heterocycles. The summed E-state index contributed by atoms with van der Waals surface area (Å²) in [6.45, 7) is 9.13. The van der Waals surface area contributed by atoms with Gasteiger partial charge in [0.2, 0.25) is 5.91 Å². The molecule has 6 heteroatoms. The molecule has 2 unspecified atom stereocenters. The topological polar surface area (TPSA) is 51.2 Å². The molecule has 4 rings (SSSR count). The third kappa shape index (κ3) is 4.13. The molecule has 0 spiro atoms. The maximum Gasteiger partial charge on any atom is 0.240 e. The fraction of sp³-hybridized carbons (Fsp3) is 0.682. The van der Waals surface area contributed by atoms with Crippen molar-refractivity contribution in [3.8, 4) is 11.5 Å². The van der Waals surface area contributed by atoms with Gasteiger partial charge in [-0.3, -0.25) is 9.69 Å². The van der Waals surface area contributed by atoms with Gasteiger partial charge in [0.15, 0.2) is 0 Å². The average Bonchev–Trinajstić information content (AvgIpc) is 3.08. The van der Waals surface area contributed by atoms with Crippen LogP contribution < -0.4 is 9.47 Å². The molecule has 3 aliphatic rings. The first-order valence-corrected chi connectivity index (χ1v) is 10.7. The quantitative estimate of drug-likeness (QED) is 0.776. The minimum absolute atomic E-state index is 0.0468. The van der Waals surface area contributed by atoms with E-state index in [9.17, 15) is 4.79 Å². The molecule has 0 radical (unpaired) electrons. The molecule has 1 aromatic carbocycles. The van der Waals surface area contributed by atoms with Crippen LogP contribution in [0.4, 0.5) is 0 Å². The first-order chi connectivity index (χ1) is 13.7. The third-order valence-electron chi connectivity index (χ3n) is 5.97. The number of morpholine rings is 1. The molecular weight excluding hydrogens is 356 g/mol. The predicted molar refractivity (Wildman–Crippen MR) is 107 cm³/mol. The van der Waals surface area contributed by atoms with Crippen LogP contribution >= 0.6 is 0 Å². The lowest BCUT2D eigenvalue weighted by atomic mass is 9.98. The van der Waals surface area contributed by atoms with E-state index < -0.39 is 0 Å². The zero-order valence-corrected chi connectivity index (χ0v) is 17.1. The van der Waals surface area contributed by atoms with Gasteiger partial charge >= 0.3 is 0 Å². The van der Waals surface area contributed by atoms with Crippen molar-refractivity contribution in [3.05, 3.63) is 23.3 Å². The first-order valence-electron chi connectivity index (χ1n) is 10.7. The predicted octanol–water partition coefficient (Wildman–Crippen LogP) is 2.62. The van der Waals surface area contributed by atoms with Crippen molar-refractivity contribution in [1.82, 2.24) is 9.80 Å². The number of amides is 1. The number of hydrogen-bond acceptors (Lipinski definition) is 5. The second-order valence-electron chi connectivity index (χ2n) is 8.05. The number of rotatable bonds is 5. The Bertz CT molecular complexity index is 702. The highest BCUT2D eigenvalue weighted by Crippen LogP contribution is 2.36. The summed E-state index contributed by atoms with van der Waals surface area (Å²) < 4.78 is 17.3. The molecule has 0 saturated carbocycles. The number of fused-ring (bicyclic) bond motifs is 1. The van der Waals surface area contributed by atoms with E-state index in [1.54, 1.807) is 0 Å². The van der Waals surface area contributed by atoms with E-state index in [4.69, 9.17) is 14.2 Å². The normalized spacial score (nSPS) is 25.3. The lowest BCUT2D eigenvalue weighted by Gasteiger charge is -2.39. The largest absolute Gasteiger partial charge is 0.494 e. The van der Waals surface area contributed by atoms with E-state index in [2.05, 4.69) is 24.0 Å². The molecule has 2 atom stereocenters. The number of ether oxygens (including phenoxy) is 3. The van der Waals surface area contributed by atoms with E-state index in [-0.39, 0.29) is 18.1 Å². The van der Waals surface area contributed by atoms with Crippen LogP contribution in [0.5, 0.6) is 11.5 Å². The Balaban J connectivity index is 1.54. The maximum absolute atomic E-state index is 13.2. The van der Waals surface area contributed by atoms with Gasteiger partial charge in [0.1, 0.15) is 17.6 Å². The number of piperidine rings is 1. The van der Waals surface area contributed by atoms with Crippen LogP contribution in [0.25, 0.3) is 0 Å². The maximum atomic E-state index is 13.2. The molecule has 0 N–H and O–H groups in total. The summed E-state index contributed by atoms with van der Waals surface area (Å²) >= 11 is 0. The van der Waals surface area contributed by atoms with E-state index in [0.717, 1.165) is 55.8 Å². The fourth-order valence-electron chi connectivity index (χ4n) is 4.57. The summed E-state index contributed by atoms with van der Waals surface area (Å²) in [5.74, 6) is 2.16. The minimum Gasteiger partial charge on any atom is -0.494 e. The highest BCUT2D eigenvalue weighted by Gasteiger charge is 2.33. The van der Waals surface area contributed by atoms with Crippen molar-refractivity contribution >= 4 is 5.91 Å². The van der Waals surface area contributed by atoms with Crippen molar-refractivity contribution < 1.29 is 19.0 Å². The molecule has 0 aromatic heterocycles. The summed E-state index contributed by atoms with van der Waals surface area (Å²) in [4.78, 5) is 17.5. The zero-order chi connectivity index (χ0) is 19.5. The van der Waals surface area contributed by atoms with Crippen LogP contribution in [0, 0.1) is 0 Å². The number of likely N-dealkylation sites (tertiary alicyclic amines) is 1. The highest BCUT2D eigenvalue weighted by atomic mass is 16.5. The number of carbonyl (C=O) groups excluding carboxylic acids is 1.